The number of thioether (sulfide) groups is 1. The predicted octanol–water partition coefficient (Wildman–Crippen LogP) is 2.05. The van der Waals surface area contributed by atoms with Crippen molar-refractivity contribution in [3.05, 3.63) is 67.4 Å². The molecular weight excluding hydrogens is 390 g/mol. The van der Waals surface area contributed by atoms with E-state index in [-0.39, 0.29) is 22.2 Å². The number of aromatic nitrogens is 2. The Balaban J connectivity index is 1.39. The molecule has 0 aliphatic carbocycles. The summed E-state index contributed by atoms with van der Waals surface area (Å²) in [6.45, 7) is 3.56. The molecular formula is C20H25N5O3S. The van der Waals surface area contributed by atoms with Crippen molar-refractivity contribution >= 4 is 17.4 Å². The number of nitrogens with zero attached hydrogens (tertiary/aromatic N) is 3. The van der Waals surface area contributed by atoms with E-state index in [4.69, 9.17) is 4.98 Å². The molecule has 9 heteroatoms. The summed E-state index contributed by atoms with van der Waals surface area (Å²) in [5.41, 5.74) is 3.02. The molecule has 0 saturated carbocycles. The summed E-state index contributed by atoms with van der Waals surface area (Å²) in [4.78, 5) is 32.9. The maximum absolute atomic E-state index is 12.3. The highest BCUT2D eigenvalue weighted by atomic mass is 32.2. The molecule has 2 aromatic rings. The van der Waals surface area contributed by atoms with E-state index in [0.29, 0.717) is 0 Å². The van der Waals surface area contributed by atoms with E-state index in [1.807, 2.05) is 12.1 Å². The molecule has 4 rings (SSSR count). The van der Waals surface area contributed by atoms with Crippen molar-refractivity contribution in [1.82, 2.24) is 20.2 Å². The molecule has 1 fully saturated rings. The van der Waals surface area contributed by atoms with Gasteiger partial charge in [-0.3, -0.25) is 19.8 Å². The highest BCUT2D eigenvalue weighted by molar-refractivity contribution is 7.98. The molecule has 1 atom stereocenters. The molecule has 0 spiro atoms. The quantitative estimate of drug-likeness (QED) is 0.550. The van der Waals surface area contributed by atoms with E-state index in [2.05, 4.69) is 15.2 Å². The smallest absolute Gasteiger partial charge is 0.269 e. The lowest BCUT2D eigenvalue weighted by molar-refractivity contribution is -0.384. The largest absolute Gasteiger partial charge is 0.314 e. The number of nitrogens with one attached hydrogen (secondary N) is 2. The Hall–Kier alpha value is -2.23. The van der Waals surface area contributed by atoms with Gasteiger partial charge in [0.25, 0.3) is 11.2 Å². The van der Waals surface area contributed by atoms with Crippen LogP contribution in [0.2, 0.25) is 0 Å². The molecule has 154 valence electrons. The summed E-state index contributed by atoms with van der Waals surface area (Å²) in [6, 6.07) is 7.04. The van der Waals surface area contributed by atoms with Crippen LogP contribution in [0.3, 0.4) is 0 Å². The zero-order valence-electron chi connectivity index (χ0n) is 16.2. The number of aromatic amines is 1. The monoisotopic (exact) mass is 415 g/mol. The number of rotatable bonds is 6. The summed E-state index contributed by atoms with van der Waals surface area (Å²) in [6.07, 6.45) is 2.52. The maximum Gasteiger partial charge on any atom is 0.269 e. The Morgan fingerprint density at radius 3 is 2.93 bits per heavy atom. The van der Waals surface area contributed by atoms with E-state index in [1.165, 1.54) is 0 Å². The number of hydrogen-bond donors (Lipinski definition) is 2. The fourth-order valence-electron chi connectivity index (χ4n) is 4.02. The third-order valence-electron chi connectivity index (χ3n) is 5.58. The Labute approximate surface area is 173 Å². The van der Waals surface area contributed by atoms with Crippen molar-refractivity contribution in [2.75, 3.05) is 31.9 Å². The van der Waals surface area contributed by atoms with Gasteiger partial charge in [-0.15, -0.1) is 0 Å². The standard InChI is InChI=1S/C20H25N5O3S/c26-20-16-13-29-11-7-17(16)22-19(23-20)2-1-9-24-10-8-21-12-18(24)14-3-5-15(6-4-14)25(27)28/h3-6,18,21H,1-2,7-13H2,(H,22,23,26). The van der Waals surface area contributed by atoms with Gasteiger partial charge in [0.2, 0.25) is 0 Å². The average Bonchev–Trinajstić information content (AvgIpc) is 2.74. The molecule has 1 unspecified atom stereocenters. The van der Waals surface area contributed by atoms with Gasteiger partial charge in [0, 0.05) is 55.5 Å². The normalized spacial score (nSPS) is 19.7. The predicted molar refractivity (Wildman–Crippen MR) is 113 cm³/mol. The summed E-state index contributed by atoms with van der Waals surface area (Å²) >= 11 is 1.78. The first-order valence-electron chi connectivity index (χ1n) is 9.99. The minimum atomic E-state index is -0.369. The number of fused-ring (bicyclic) bond motifs is 1. The van der Waals surface area contributed by atoms with Crippen LogP contribution in [0.1, 0.15) is 35.1 Å². The van der Waals surface area contributed by atoms with Gasteiger partial charge in [-0.25, -0.2) is 4.98 Å². The molecule has 2 aliphatic heterocycles. The molecule has 1 saturated heterocycles. The Kier molecular flexibility index (Phi) is 6.27. The van der Waals surface area contributed by atoms with Crippen LogP contribution in [0.5, 0.6) is 0 Å². The molecule has 1 aromatic carbocycles. The average molecular weight is 416 g/mol. The van der Waals surface area contributed by atoms with Crippen molar-refractivity contribution in [3.8, 4) is 0 Å². The number of piperazine rings is 1. The van der Waals surface area contributed by atoms with E-state index >= 15 is 0 Å². The maximum atomic E-state index is 12.3. The van der Waals surface area contributed by atoms with Crippen LogP contribution < -0.4 is 10.9 Å². The van der Waals surface area contributed by atoms with Crippen LogP contribution in [0.25, 0.3) is 0 Å². The topological polar surface area (TPSA) is 104 Å². The molecule has 2 N–H and O–H groups in total. The number of nitro groups is 1. The Morgan fingerprint density at radius 2 is 2.14 bits per heavy atom. The molecule has 2 aliphatic rings. The third kappa shape index (κ3) is 4.68. The van der Waals surface area contributed by atoms with Crippen molar-refractivity contribution in [1.29, 1.82) is 0 Å². The Bertz CT molecular complexity index is 931. The lowest BCUT2D eigenvalue weighted by atomic mass is 10.0. The van der Waals surface area contributed by atoms with Crippen molar-refractivity contribution in [2.24, 2.45) is 0 Å². The van der Waals surface area contributed by atoms with Crippen molar-refractivity contribution in [2.45, 2.75) is 31.1 Å². The summed E-state index contributed by atoms with van der Waals surface area (Å²) in [5, 5.41) is 14.3. The number of benzene rings is 1. The zero-order chi connectivity index (χ0) is 20.2. The van der Waals surface area contributed by atoms with Gasteiger partial charge in [-0.05, 0) is 30.7 Å². The van der Waals surface area contributed by atoms with Gasteiger partial charge >= 0.3 is 0 Å². The van der Waals surface area contributed by atoms with Crippen molar-refractivity contribution in [3.63, 3.8) is 0 Å². The summed E-state index contributed by atoms with van der Waals surface area (Å²) < 4.78 is 0. The summed E-state index contributed by atoms with van der Waals surface area (Å²) in [7, 11) is 0. The minimum absolute atomic E-state index is 0.0168. The highest BCUT2D eigenvalue weighted by Crippen LogP contribution is 2.25. The first-order valence-corrected chi connectivity index (χ1v) is 11.1. The van der Waals surface area contributed by atoms with E-state index in [0.717, 1.165) is 79.6 Å². The first kappa shape index (κ1) is 20.1. The van der Waals surface area contributed by atoms with E-state index < -0.39 is 0 Å². The minimum Gasteiger partial charge on any atom is -0.314 e. The lowest BCUT2D eigenvalue weighted by Crippen LogP contribution is -2.46. The third-order valence-corrected chi connectivity index (χ3v) is 6.57. The van der Waals surface area contributed by atoms with Gasteiger partial charge < -0.3 is 10.3 Å². The van der Waals surface area contributed by atoms with Crippen LogP contribution in [-0.4, -0.2) is 51.7 Å². The Morgan fingerprint density at radius 1 is 1.31 bits per heavy atom. The molecule has 0 bridgehead atoms. The fourth-order valence-corrected chi connectivity index (χ4v) is 5.01. The fraction of sp³-hybridized carbons (Fsp3) is 0.500. The molecule has 0 amide bonds. The molecule has 3 heterocycles. The second-order valence-corrected chi connectivity index (χ2v) is 8.55. The lowest BCUT2D eigenvalue weighted by Gasteiger charge is -2.36. The molecule has 1 aromatic heterocycles. The van der Waals surface area contributed by atoms with Crippen LogP contribution >= 0.6 is 11.8 Å². The SMILES string of the molecule is O=c1[nH]c(CCCN2CCNCC2c2ccc([N+](=O)[O-])cc2)nc2c1CSCC2. The number of nitro benzene ring substituents is 1. The van der Waals surface area contributed by atoms with Gasteiger partial charge in [0.15, 0.2) is 0 Å². The van der Waals surface area contributed by atoms with Gasteiger partial charge in [-0.1, -0.05) is 12.1 Å². The second-order valence-electron chi connectivity index (χ2n) is 7.45. The second kappa shape index (κ2) is 9.06. The number of aryl methyl sites for hydroxylation is 2. The van der Waals surface area contributed by atoms with Crippen LogP contribution in [0.4, 0.5) is 5.69 Å². The molecule has 8 nitrogen and oxygen atoms in total. The first-order chi connectivity index (χ1) is 14.1. The van der Waals surface area contributed by atoms with E-state index in [9.17, 15) is 14.9 Å². The molecule has 0 radical (unpaired) electrons. The van der Waals surface area contributed by atoms with Gasteiger partial charge in [0.05, 0.1) is 10.6 Å². The highest BCUT2D eigenvalue weighted by Gasteiger charge is 2.24. The number of non-ortho nitro benzene ring substituents is 1. The van der Waals surface area contributed by atoms with Crippen LogP contribution in [0.15, 0.2) is 29.1 Å². The summed E-state index contributed by atoms with van der Waals surface area (Å²) in [5.74, 6) is 2.57. The van der Waals surface area contributed by atoms with Crippen LogP contribution in [-0.2, 0) is 18.6 Å². The number of hydrogen-bond acceptors (Lipinski definition) is 7. The van der Waals surface area contributed by atoms with Crippen molar-refractivity contribution < 1.29 is 4.92 Å². The van der Waals surface area contributed by atoms with Gasteiger partial charge in [-0.2, -0.15) is 11.8 Å². The van der Waals surface area contributed by atoms with Gasteiger partial charge in [0.1, 0.15) is 5.82 Å². The number of H-pyrrole nitrogens is 1. The zero-order valence-corrected chi connectivity index (χ0v) is 17.0. The van der Waals surface area contributed by atoms with E-state index in [1.54, 1.807) is 23.9 Å². The van der Waals surface area contributed by atoms with Crippen LogP contribution in [0, 0.1) is 10.1 Å². The molecule has 29 heavy (non-hydrogen) atoms.